The normalized spacial score (nSPS) is 15.1. The van der Waals surface area contributed by atoms with Crippen molar-refractivity contribution in [3.05, 3.63) is 39.9 Å². The Morgan fingerprint density at radius 3 is 2.69 bits per heavy atom. The number of carbonyl (C=O) groups excluding carboxylic acids is 1. The molecule has 9 nitrogen and oxygen atoms in total. The second-order valence-electron chi connectivity index (χ2n) is 10.5. The molecule has 6 rings (SSSR count). The Labute approximate surface area is 232 Å². The van der Waals surface area contributed by atoms with Crippen LogP contribution in [0.1, 0.15) is 50.3 Å². The van der Waals surface area contributed by atoms with Gasteiger partial charge < -0.3 is 14.4 Å². The van der Waals surface area contributed by atoms with Gasteiger partial charge in [-0.05, 0) is 44.7 Å². The fourth-order valence-electron chi connectivity index (χ4n) is 5.07. The lowest BCUT2D eigenvalue weighted by molar-refractivity contribution is 0.0636. The smallest absolute Gasteiger partial charge is 0.412 e. The highest BCUT2D eigenvalue weighted by Gasteiger charge is 2.30. The Bertz CT molecular complexity index is 1700. The van der Waals surface area contributed by atoms with Gasteiger partial charge in [-0.25, -0.2) is 19.2 Å². The second-order valence-corrected chi connectivity index (χ2v) is 11.9. The summed E-state index contributed by atoms with van der Waals surface area (Å²) in [5.74, 6) is -0.0167. The Morgan fingerprint density at radius 1 is 1.23 bits per heavy atom. The monoisotopic (exact) mass is 566 g/mol. The van der Waals surface area contributed by atoms with Crippen LogP contribution >= 0.6 is 22.9 Å². The summed E-state index contributed by atoms with van der Waals surface area (Å²) in [5.41, 5.74) is 2.41. The first-order chi connectivity index (χ1) is 18.7. The van der Waals surface area contributed by atoms with E-state index in [-0.39, 0.29) is 27.3 Å². The van der Waals surface area contributed by atoms with E-state index in [2.05, 4.69) is 26.3 Å². The van der Waals surface area contributed by atoms with Gasteiger partial charge in [0.1, 0.15) is 16.7 Å². The fraction of sp³-hybridized carbons (Fsp3) is 0.370. The van der Waals surface area contributed by atoms with E-state index in [0.717, 1.165) is 60.0 Å². The summed E-state index contributed by atoms with van der Waals surface area (Å²) in [6.07, 6.45) is 4.28. The number of hydrogen-bond acceptors (Lipinski definition) is 9. The number of rotatable bonds is 3. The van der Waals surface area contributed by atoms with E-state index in [1.165, 1.54) is 0 Å². The van der Waals surface area contributed by atoms with Gasteiger partial charge in [0.05, 0.1) is 45.9 Å². The van der Waals surface area contributed by atoms with Crippen LogP contribution in [0.25, 0.3) is 32.2 Å². The quantitative estimate of drug-likeness (QED) is 0.297. The third-order valence-electron chi connectivity index (χ3n) is 6.71. The van der Waals surface area contributed by atoms with Crippen molar-refractivity contribution < 1.29 is 18.7 Å². The molecule has 2 aliphatic rings. The van der Waals surface area contributed by atoms with Gasteiger partial charge in [0.15, 0.2) is 5.82 Å². The largest absolute Gasteiger partial charge is 0.444 e. The number of nitrogens with zero attached hydrogens (tertiary/aromatic N) is 5. The molecule has 0 aliphatic carbocycles. The number of pyridine rings is 1. The van der Waals surface area contributed by atoms with Crippen molar-refractivity contribution in [1.82, 2.24) is 15.0 Å². The van der Waals surface area contributed by atoms with Crippen LogP contribution in [0.15, 0.2) is 12.4 Å². The minimum absolute atomic E-state index is 0.0760. The lowest BCUT2D eigenvalue weighted by Gasteiger charge is -2.19. The van der Waals surface area contributed by atoms with Gasteiger partial charge in [-0.3, -0.25) is 10.3 Å². The van der Waals surface area contributed by atoms with Crippen LogP contribution < -0.4 is 10.2 Å². The minimum atomic E-state index is -0.750. The number of fused-ring (bicyclic) bond motifs is 4. The third-order valence-corrected chi connectivity index (χ3v) is 8.19. The van der Waals surface area contributed by atoms with Gasteiger partial charge >= 0.3 is 6.09 Å². The average molecular weight is 567 g/mol. The van der Waals surface area contributed by atoms with Crippen LogP contribution in [0.5, 0.6) is 0 Å². The number of nitriles is 1. The number of benzene rings is 1. The van der Waals surface area contributed by atoms with Gasteiger partial charge in [0.25, 0.3) is 0 Å². The molecule has 0 saturated carbocycles. The molecule has 0 atom stereocenters. The molecule has 12 heteroatoms. The molecule has 200 valence electrons. The van der Waals surface area contributed by atoms with E-state index in [1.54, 1.807) is 27.0 Å². The molecular formula is C27H24ClFN6O3S. The van der Waals surface area contributed by atoms with E-state index in [1.807, 2.05) is 0 Å². The first kappa shape index (κ1) is 25.7. The van der Waals surface area contributed by atoms with Crippen molar-refractivity contribution in [1.29, 1.82) is 5.26 Å². The molecule has 0 radical (unpaired) electrons. The molecule has 0 spiro atoms. The van der Waals surface area contributed by atoms with Crippen molar-refractivity contribution in [3.63, 3.8) is 0 Å². The summed E-state index contributed by atoms with van der Waals surface area (Å²) >= 11 is 8.01. The zero-order chi connectivity index (χ0) is 27.5. The van der Waals surface area contributed by atoms with Crippen LogP contribution in [0.3, 0.4) is 0 Å². The molecule has 0 bridgehead atoms. The number of anilines is 2. The van der Waals surface area contributed by atoms with Crippen molar-refractivity contribution in [2.45, 2.75) is 52.4 Å². The molecule has 0 unspecified atom stereocenters. The number of hydrogen-bond donors (Lipinski definition) is 1. The van der Waals surface area contributed by atoms with Gasteiger partial charge in [-0.15, -0.1) is 11.3 Å². The molecular weight excluding hydrogens is 543 g/mol. The predicted molar refractivity (Wildman–Crippen MR) is 148 cm³/mol. The highest BCUT2D eigenvalue weighted by molar-refractivity contribution is 7.23. The lowest BCUT2D eigenvalue weighted by atomic mass is 9.94. The second kappa shape index (κ2) is 9.55. The fourth-order valence-corrected chi connectivity index (χ4v) is 6.46. The molecule has 4 aromatic rings. The number of ether oxygens (including phenoxy) is 2. The Hall–Kier alpha value is -3.59. The van der Waals surface area contributed by atoms with Crippen molar-refractivity contribution >= 4 is 61.0 Å². The number of amides is 1. The minimum Gasteiger partial charge on any atom is -0.444 e. The number of nitrogens with one attached hydrogen (secondary N) is 1. The Balaban J connectivity index is 1.57. The predicted octanol–water partition coefficient (Wildman–Crippen LogP) is 6.55. The summed E-state index contributed by atoms with van der Waals surface area (Å²) < 4.78 is 26.4. The molecule has 2 aliphatic heterocycles. The summed E-state index contributed by atoms with van der Waals surface area (Å²) in [6, 6.07) is 2.12. The van der Waals surface area contributed by atoms with Gasteiger partial charge in [0, 0.05) is 35.6 Å². The van der Waals surface area contributed by atoms with Crippen LogP contribution in [0.2, 0.25) is 5.02 Å². The molecule has 3 aromatic heterocycles. The number of halogens is 2. The van der Waals surface area contributed by atoms with Crippen molar-refractivity contribution in [2.24, 2.45) is 0 Å². The topological polar surface area (TPSA) is 113 Å². The number of aromatic nitrogens is 3. The number of thiophene rings is 1. The molecule has 1 fully saturated rings. The standard InChI is InChI=1S/C27H24ClFN6O3S/c1-27(2,3)38-26(36)34-24-13(8-30)19-22(31-10-17(29)23(19)39-24)18-16-12-37-11-15(16)14-9-32-25(33-21(14)20(18)28)35-6-4-5-7-35/h9-10H,4-7,11-12H2,1-3H3,(H,34,36). The maximum absolute atomic E-state index is 15.1. The SMILES string of the molecule is CC(C)(C)OC(=O)Nc1sc2c(F)cnc(-c3c4c(c5cnc(N6CCCC6)nc5c3Cl)COC4)c2c1C#N. The van der Waals surface area contributed by atoms with Crippen LogP contribution in [0, 0.1) is 17.1 Å². The molecule has 5 heterocycles. The van der Waals surface area contributed by atoms with E-state index in [9.17, 15) is 10.1 Å². The Morgan fingerprint density at radius 2 is 1.97 bits per heavy atom. The summed E-state index contributed by atoms with van der Waals surface area (Å²) in [4.78, 5) is 28.5. The zero-order valence-electron chi connectivity index (χ0n) is 21.5. The molecule has 1 aromatic carbocycles. The summed E-state index contributed by atoms with van der Waals surface area (Å²) in [7, 11) is 0. The average Bonchev–Trinajstić information content (AvgIpc) is 3.64. The maximum Gasteiger partial charge on any atom is 0.412 e. The summed E-state index contributed by atoms with van der Waals surface area (Å²) in [5, 5.41) is 14.3. The van der Waals surface area contributed by atoms with E-state index in [4.69, 9.17) is 26.1 Å². The maximum atomic E-state index is 15.1. The van der Waals surface area contributed by atoms with Crippen LogP contribution in [0.4, 0.5) is 20.1 Å². The molecule has 1 amide bonds. The first-order valence-electron chi connectivity index (χ1n) is 12.5. The van der Waals surface area contributed by atoms with Crippen LogP contribution in [-0.4, -0.2) is 39.7 Å². The van der Waals surface area contributed by atoms with Crippen molar-refractivity contribution in [3.8, 4) is 17.3 Å². The van der Waals surface area contributed by atoms with E-state index < -0.39 is 17.5 Å². The zero-order valence-corrected chi connectivity index (χ0v) is 23.1. The summed E-state index contributed by atoms with van der Waals surface area (Å²) in [6.45, 7) is 7.54. The van der Waals surface area contributed by atoms with E-state index in [0.29, 0.717) is 34.4 Å². The third kappa shape index (κ3) is 4.42. The first-order valence-corrected chi connectivity index (χ1v) is 13.7. The molecule has 1 saturated heterocycles. The molecule has 39 heavy (non-hydrogen) atoms. The number of carbonyl (C=O) groups is 1. The molecule has 1 N–H and O–H groups in total. The highest BCUT2D eigenvalue weighted by Crippen LogP contribution is 2.47. The Kier molecular flexibility index (Phi) is 6.29. The van der Waals surface area contributed by atoms with Crippen LogP contribution in [-0.2, 0) is 22.7 Å². The van der Waals surface area contributed by atoms with Gasteiger partial charge in [0.2, 0.25) is 5.95 Å². The van der Waals surface area contributed by atoms with Gasteiger partial charge in [-0.2, -0.15) is 5.26 Å². The highest BCUT2D eigenvalue weighted by atomic mass is 35.5. The van der Waals surface area contributed by atoms with E-state index >= 15 is 4.39 Å². The van der Waals surface area contributed by atoms with Crippen molar-refractivity contribution in [2.75, 3.05) is 23.3 Å². The lowest BCUT2D eigenvalue weighted by Crippen LogP contribution is -2.27. The van der Waals surface area contributed by atoms with Gasteiger partial charge in [-0.1, -0.05) is 11.6 Å².